The molecule has 15 heavy (non-hydrogen) atoms. The number of hydrogen-bond donors (Lipinski definition) is 1. The average molecular weight is 335 g/mol. The summed E-state index contributed by atoms with van der Waals surface area (Å²) >= 11 is 7.00. The Morgan fingerprint density at radius 3 is 2.87 bits per heavy atom. The summed E-state index contributed by atoms with van der Waals surface area (Å²) in [5.41, 5.74) is 7.39. The zero-order valence-corrected chi connectivity index (χ0v) is 11.4. The lowest BCUT2D eigenvalue weighted by Gasteiger charge is -2.19. The van der Waals surface area contributed by atoms with Gasteiger partial charge in [0.25, 0.3) is 0 Å². The summed E-state index contributed by atoms with van der Waals surface area (Å²) < 4.78 is 7.50. The van der Waals surface area contributed by atoms with Crippen LogP contribution in [0.2, 0.25) is 0 Å². The molecule has 0 radical (unpaired) electrons. The molecule has 1 aromatic carbocycles. The van der Waals surface area contributed by atoms with Crippen molar-refractivity contribution in [3.05, 3.63) is 32.7 Å². The first-order valence-electron chi connectivity index (χ1n) is 4.97. The van der Waals surface area contributed by atoms with E-state index in [9.17, 15) is 0 Å². The van der Waals surface area contributed by atoms with Gasteiger partial charge in [0.15, 0.2) is 0 Å². The zero-order valence-electron chi connectivity index (χ0n) is 8.25. The monoisotopic (exact) mass is 333 g/mol. The Kier molecular flexibility index (Phi) is 3.83. The lowest BCUT2D eigenvalue weighted by atomic mass is 9.93. The van der Waals surface area contributed by atoms with Crippen LogP contribution in [0.1, 0.15) is 18.0 Å². The molecule has 0 spiro atoms. The Morgan fingerprint density at radius 2 is 2.20 bits per heavy atom. The molecule has 0 aromatic heterocycles. The maximum absolute atomic E-state index is 6.24. The summed E-state index contributed by atoms with van der Waals surface area (Å²) in [6.45, 7) is 1.62. The van der Waals surface area contributed by atoms with Gasteiger partial charge < -0.3 is 10.5 Å². The highest BCUT2D eigenvalue weighted by atomic mass is 79.9. The van der Waals surface area contributed by atoms with Crippen molar-refractivity contribution in [2.75, 3.05) is 13.2 Å². The fourth-order valence-corrected chi connectivity index (χ4v) is 2.75. The second-order valence-corrected chi connectivity index (χ2v) is 5.59. The number of ether oxygens (including phenoxy) is 1. The van der Waals surface area contributed by atoms with Crippen molar-refractivity contribution >= 4 is 31.9 Å². The summed E-state index contributed by atoms with van der Waals surface area (Å²) in [7, 11) is 0. The van der Waals surface area contributed by atoms with Gasteiger partial charge in [0.1, 0.15) is 0 Å². The number of hydrogen-bond acceptors (Lipinski definition) is 2. The van der Waals surface area contributed by atoms with E-state index in [4.69, 9.17) is 10.5 Å². The van der Waals surface area contributed by atoms with Crippen LogP contribution in [0.5, 0.6) is 0 Å². The fourth-order valence-electron chi connectivity index (χ4n) is 1.86. The van der Waals surface area contributed by atoms with Gasteiger partial charge in [0.05, 0.1) is 6.61 Å². The van der Waals surface area contributed by atoms with Gasteiger partial charge >= 0.3 is 0 Å². The van der Waals surface area contributed by atoms with Crippen LogP contribution < -0.4 is 5.73 Å². The summed E-state index contributed by atoms with van der Waals surface area (Å²) in [5.74, 6) is 0.440. The van der Waals surface area contributed by atoms with Crippen LogP contribution in [0.3, 0.4) is 0 Å². The summed E-state index contributed by atoms with van der Waals surface area (Å²) in [4.78, 5) is 0. The van der Waals surface area contributed by atoms with Crippen LogP contribution in [0.4, 0.5) is 0 Å². The minimum Gasteiger partial charge on any atom is -0.381 e. The smallest absolute Gasteiger partial charge is 0.0513 e. The minimum absolute atomic E-state index is 0.0550. The predicted octanol–water partition coefficient (Wildman–Crippen LogP) is 3.25. The van der Waals surface area contributed by atoms with Crippen molar-refractivity contribution in [2.45, 2.75) is 12.5 Å². The van der Waals surface area contributed by atoms with Crippen LogP contribution in [0, 0.1) is 5.92 Å². The molecule has 1 aliphatic rings. The van der Waals surface area contributed by atoms with E-state index in [-0.39, 0.29) is 6.04 Å². The van der Waals surface area contributed by atoms with Crippen LogP contribution in [0.25, 0.3) is 0 Å². The van der Waals surface area contributed by atoms with Crippen molar-refractivity contribution in [3.8, 4) is 0 Å². The molecule has 1 fully saturated rings. The number of rotatable bonds is 2. The molecule has 1 heterocycles. The first-order valence-corrected chi connectivity index (χ1v) is 6.55. The topological polar surface area (TPSA) is 35.2 Å². The van der Waals surface area contributed by atoms with Crippen molar-refractivity contribution in [1.82, 2.24) is 0 Å². The molecular formula is C11H13Br2NO. The van der Waals surface area contributed by atoms with Gasteiger partial charge in [0.2, 0.25) is 0 Å². The normalized spacial score (nSPS) is 23.0. The van der Waals surface area contributed by atoms with E-state index in [0.29, 0.717) is 5.92 Å². The lowest BCUT2D eigenvalue weighted by molar-refractivity contribution is 0.181. The van der Waals surface area contributed by atoms with Gasteiger partial charge in [-0.15, -0.1) is 0 Å². The third-order valence-electron chi connectivity index (χ3n) is 2.79. The second kappa shape index (κ2) is 4.95. The largest absolute Gasteiger partial charge is 0.381 e. The highest BCUT2D eigenvalue weighted by molar-refractivity contribution is 9.11. The molecule has 4 heteroatoms. The summed E-state index contributed by atoms with van der Waals surface area (Å²) in [5, 5.41) is 0. The highest BCUT2D eigenvalue weighted by Crippen LogP contribution is 2.32. The minimum atomic E-state index is 0.0550. The molecule has 2 nitrogen and oxygen atoms in total. The Bertz CT molecular complexity index is 350. The first kappa shape index (κ1) is 11.6. The Morgan fingerprint density at radius 1 is 1.40 bits per heavy atom. The molecule has 0 aliphatic carbocycles. The van der Waals surface area contributed by atoms with Gasteiger partial charge in [-0.25, -0.2) is 0 Å². The molecule has 82 valence electrons. The molecule has 1 saturated heterocycles. The second-order valence-electron chi connectivity index (χ2n) is 3.82. The van der Waals surface area contributed by atoms with Gasteiger partial charge in [-0.2, -0.15) is 0 Å². The maximum atomic E-state index is 6.24. The lowest BCUT2D eigenvalue weighted by Crippen LogP contribution is -2.22. The van der Waals surface area contributed by atoms with Crippen molar-refractivity contribution in [3.63, 3.8) is 0 Å². The Balaban J connectivity index is 2.23. The Hall–Kier alpha value is 0.1000. The predicted molar refractivity (Wildman–Crippen MR) is 67.7 cm³/mol. The fraction of sp³-hybridized carbons (Fsp3) is 0.455. The third kappa shape index (κ3) is 2.61. The average Bonchev–Trinajstić information content (AvgIpc) is 2.74. The molecular weight excluding hydrogens is 322 g/mol. The molecule has 2 N–H and O–H groups in total. The number of halogens is 2. The van der Waals surface area contributed by atoms with E-state index >= 15 is 0 Å². The van der Waals surface area contributed by atoms with Crippen LogP contribution in [-0.2, 0) is 4.74 Å². The SMILES string of the molecule is NC(c1cc(Br)ccc1Br)C1CCOC1. The molecule has 1 aliphatic heterocycles. The van der Waals surface area contributed by atoms with E-state index in [1.54, 1.807) is 0 Å². The van der Waals surface area contributed by atoms with E-state index in [1.165, 1.54) is 0 Å². The van der Waals surface area contributed by atoms with E-state index in [2.05, 4.69) is 37.9 Å². The maximum Gasteiger partial charge on any atom is 0.0513 e. The van der Waals surface area contributed by atoms with Crippen LogP contribution >= 0.6 is 31.9 Å². The van der Waals surface area contributed by atoms with Gasteiger partial charge in [0, 0.05) is 27.5 Å². The standard InChI is InChI=1S/C11H13Br2NO/c12-8-1-2-10(13)9(5-8)11(14)7-3-4-15-6-7/h1-2,5,7,11H,3-4,6,14H2. The van der Waals surface area contributed by atoms with Crippen molar-refractivity contribution in [1.29, 1.82) is 0 Å². The van der Waals surface area contributed by atoms with Crippen LogP contribution in [-0.4, -0.2) is 13.2 Å². The van der Waals surface area contributed by atoms with Gasteiger partial charge in [-0.1, -0.05) is 31.9 Å². The Labute approximate surface area is 106 Å². The highest BCUT2D eigenvalue weighted by Gasteiger charge is 2.25. The summed E-state index contributed by atoms with van der Waals surface area (Å²) in [6, 6.07) is 6.16. The number of nitrogens with two attached hydrogens (primary N) is 1. The van der Waals surface area contributed by atoms with Crippen molar-refractivity contribution < 1.29 is 4.74 Å². The number of benzene rings is 1. The molecule has 2 unspecified atom stereocenters. The molecule has 1 aromatic rings. The quantitative estimate of drug-likeness (QED) is 0.901. The first-order chi connectivity index (χ1) is 7.18. The molecule has 2 rings (SSSR count). The van der Waals surface area contributed by atoms with E-state index < -0.39 is 0 Å². The molecule has 0 bridgehead atoms. The zero-order chi connectivity index (χ0) is 10.8. The van der Waals surface area contributed by atoms with Gasteiger partial charge in [-0.3, -0.25) is 0 Å². The van der Waals surface area contributed by atoms with E-state index in [0.717, 1.165) is 34.1 Å². The molecule has 0 saturated carbocycles. The molecule has 2 atom stereocenters. The summed E-state index contributed by atoms with van der Waals surface area (Å²) in [6.07, 6.45) is 1.06. The van der Waals surface area contributed by atoms with Gasteiger partial charge in [-0.05, 0) is 30.2 Å². The van der Waals surface area contributed by atoms with Crippen LogP contribution in [0.15, 0.2) is 27.1 Å². The third-order valence-corrected chi connectivity index (χ3v) is 4.01. The molecule has 0 amide bonds. The van der Waals surface area contributed by atoms with E-state index in [1.807, 2.05) is 12.1 Å². The van der Waals surface area contributed by atoms with Crippen molar-refractivity contribution in [2.24, 2.45) is 11.7 Å².